The fourth-order valence-electron chi connectivity index (χ4n) is 9.83. The number of carboxylic acids is 1. The van der Waals surface area contributed by atoms with Crippen LogP contribution in [0.5, 0.6) is 5.75 Å². The molecule has 27 nitrogen and oxygen atoms in total. The number of primary amides is 1. The molecule has 0 aromatic heterocycles. The minimum Gasteiger partial charge on any atom is -0.508 e. The van der Waals surface area contributed by atoms with Gasteiger partial charge in [-0.3, -0.25) is 62.7 Å². The van der Waals surface area contributed by atoms with Crippen molar-refractivity contribution in [3.8, 4) is 5.75 Å². The number of aliphatic imine (C=N–C) groups is 2. The van der Waals surface area contributed by atoms with Gasteiger partial charge in [0.15, 0.2) is 35.1 Å². The average Bonchev–Trinajstić information content (AvgIpc) is 3.61. The van der Waals surface area contributed by atoms with Crippen LogP contribution in [0.4, 0.5) is 0 Å². The summed E-state index contributed by atoms with van der Waals surface area (Å²) in [6, 6.07) is -0.0662. The number of rotatable bonds is 46. The van der Waals surface area contributed by atoms with E-state index in [9.17, 15) is 73.2 Å². The number of aromatic hydroxyl groups is 1. The third-order valence-corrected chi connectivity index (χ3v) is 14.6. The maximum Gasteiger partial charge on any atom is 0.304 e. The number of amides is 5. The van der Waals surface area contributed by atoms with Gasteiger partial charge in [0, 0.05) is 74.8 Å². The summed E-state index contributed by atoms with van der Waals surface area (Å²) < 4.78 is 0. The van der Waals surface area contributed by atoms with Gasteiger partial charge in [0.2, 0.25) is 29.5 Å². The first kappa shape index (κ1) is 76.6. The van der Waals surface area contributed by atoms with Crippen LogP contribution in [-0.2, 0) is 59.2 Å². The Kier molecular flexibility index (Phi) is 35.7. The zero-order valence-electron chi connectivity index (χ0n) is 51.1. The Morgan fingerprint density at radius 2 is 0.965 bits per heavy atom. The molecule has 0 aliphatic rings. The number of carbonyl (C=O) groups is 11. The van der Waals surface area contributed by atoms with Crippen LogP contribution in [0.3, 0.4) is 0 Å². The van der Waals surface area contributed by atoms with Gasteiger partial charge in [0.25, 0.3) is 0 Å². The maximum absolute atomic E-state index is 14.5. The van der Waals surface area contributed by atoms with Crippen LogP contribution in [0.25, 0.3) is 0 Å². The zero-order valence-corrected chi connectivity index (χ0v) is 51.1. The first-order valence-electron chi connectivity index (χ1n) is 29.5. The molecule has 0 fully saturated rings. The Morgan fingerprint density at radius 1 is 0.500 bits per heavy atom. The number of aliphatic hydroxyl groups excluding tert-OH is 2. The molecule has 0 spiro atoms. The molecule has 0 bridgehead atoms. The molecule has 0 saturated heterocycles. The van der Waals surface area contributed by atoms with Crippen molar-refractivity contribution < 1.29 is 73.2 Å². The summed E-state index contributed by atoms with van der Waals surface area (Å²) in [6.45, 7) is 11.4. The Bertz CT molecular complexity index is 2460. The molecule has 1 aromatic carbocycles. The van der Waals surface area contributed by atoms with Crippen molar-refractivity contribution in [1.29, 1.82) is 0 Å². The summed E-state index contributed by atoms with van der Waals surface area (Å²) in [5, 5.41) is 51.2. The van der Waals surface area contributed by atoms with Crippen molar-refractivity contribution in [2.24, 2.45) is 91.7 Å². The van der Waals surface area contributed by atoms with Crippen LogP contribution in [0, 0.1) is 47.3 Å². The van der Waals surface area contributed by atoms with Gasteiger partial charge in [0.1, 0.15) is 23.6 Å². The molecule has 484 valence electrons. The standard InChI is InChI=1S/C59H98N12O15/c1-32(2)22-34(5)46(75)26-38(12-10-20-66-58(62)63)55(84)70-45(31-72)47(76)24-35(6)54(83)71-52(36(7)73)50(79)29-41(30-51(80)81)57(86)68-43(13-8-9-19-60)49(78)28-40(25-37-15-17-42(74)18-16-37)56(85)69-44(14-11-21-67-59(64)65)48(77)27-39(53(61)82)23-33(3)4/h15-18,32-36,38-41,43-45,52,72-74H,8-14,19-31,60H2,1-7H3,(H2,61,82)(H,68,86)(H,69,85)(H,70,84)(H,71,83)(H,80,81)(H4,62,63,66)(H4,64,65,67)/t34-,35+,36+,38+,39+,40+,41-,43-,44-,45-,52-/m0/s1. The molecule has 5 amide bonds. The van der Waals surface area contributed by atoms with E-state index in [4.69, 9.17) is 34.4 Å². The number of nitrogens with two attached hydrogens (primary N) is 6. The summed E-state index contributed by atoms with van der Waals surface area (Å²) in [5.41, 5.74) is 33.8. The SMILES string of the molecule is CC(C)C[C@H](CC(=O)[C@H](CCCN=C(N)N)NC(=O)[C@@H](CC(=O)[C@H](CCCCN)NC(=O)[C@H](CC(=O)O)CC(=O)[C@@H](NC(=O)[C@H](C)CC(=O)[C@H](CO)NC(=O)[C@H](CCCN=C(N)N)CC(=O)[C@@H](C)CC(C)C)[C@@H](C)O)Cc1ccc(O)cc1)C(N)=O. The Labute approximate surface area is 504 Å². The Morgan fingerprint density at radius 3 is 1.45 bits per heavy atom. The number of carbonyl (C=O) groups excluding carboxylic acids is 10. The van der Waals surface area contributed by atoms with Crippen LogP contribution >= 0.6 is 0 Å². The van der Waals surface area contributed by atoms with E-state index in [1.807, 2.05) is 27.7 Å². The summed E-state index contributed by atoms with van der Waals surface area (Å²) in [7, 11) is 0. The van der Waals surface area contributed by atoms with Crippen LogP contribution in [0.15, 0.2) is 34.3 Å². The molecule has 1 rings (SSSR count). The fourth-order valence-corrected chi connectivity index (χ4v) is 9.83. The molecule has 0 unspecified atom stereocenters. The first-order chi connectivity index (χ1) is 40.3. The quantitative estimate of drug-likeness (QED) is 0.0233. The minimum atomic E-state index is -1.76. The Hall–Kier alpha value is -7.39. The highest BCUT2D eigenvalue weighted by Gasteiger charge is 2.37. The topological polar surface area (TPSA) is 498 Å². The van der Waals surface area contributed by atoms with E-state index < -0.39 is 151 Å². The van der Waals surface area contributed by atoms with Gasteiger partial charge in [-0.15, -0.1) is 0 Å². The summed E-state index contributed by atoms with van der Waals surface area (Å²) in [4.78, 5) is 157. The maximum atomic E-state index is 14.5. The second kappa shape index (κ2) is 40.1. The number of hydrogen-bond acceptors (Lipinski definition) is 17. The van der Waals surface area contributed by atoms with Crippen molar-refractivity contribution in [1.82, 2.24) is 21.3 Å². The largest absolute Gasteiger partial charge is 0.508 e. The smallest absolute Gasteiger partial charge is 0.304 e. The highest BCUT2D eigenvalue weighted by atomic mass is 16.4. The predicted molar refractivity (Wildman–Crippen MR) is 322 cm³/mol. The van der Waals surface area contributed by atoms with Gasteiger partial charge in [0.05, 0.1) is 37.1 Å². The number of nitrogens with zero attached hydrogens (tertiary/aromatic N) is 2. The number of benzene rings is 1. The lowest BCUT2D eigenvalue weighted by atomic mass is 9.87. The van der Waals surface area contributed by atoms with Crippen LogP contribution < -0.4 is 55.7 Å². The number of phenolic OH excluding ortho intramolecular Hbond substituents is 1. The van der Waals surface area contributed by atoms with Crippen molar-refractivity contribution >= 4 is 76.3 Å². The number of carboxylic acid groups (broad SMARTS) is 1. The molecular weight excluding hydrogens is 1120 g/mol. The van der Waals surface area contributed by atoms with Crippen molar-refractivity contribution in [2.45, 2.75) is 181 Å². The third-order valence-electron chi connectivity index (χ3n) is 14.6. The van der Waals surface area contributed by atoms with Gasteiger partial charge in [-0.05, 0) is 107 Å². The van der Waals surface area contributed by atoms with E-state index in [1.165, 1.54) is 31.2 Å². The molecule has 27 heteroatoms. The van der Waals surface area contributed by atoms with E-state index in [0.29, 0.717) is 31.2 Å². The molecule has 0 saturated carbocycles. The molecule has 0 heterocycles. The van der Waals surface area contributed by atoms with Crippen LogP contribution in [-0.4, -0.2) is 153 Å². The number of phenols is 1. The summed E-state index contributed by atoms with van der Waals surface area (Å²) >= 11 is 0. The number of unbranched alkanes of at least 4 members (excludes halogenated alkanes) is 1. The lowest BCUT2D eigenvalue weighted by Gasteiger charge is -2.27. The summed E-state index contributed by atoms with van der Waals surface area (Å²) in [6.07, 6.45) is -3.03. The lowest BCUT2D eigenvalue weighted by Crippen LogP contribution is -2.52. The molecule has 0 aliphatic carbocycles. The van der Waals surface area contributed by atoms with E-state index >= 15 is 0 Å². The number of ketones is 5. The third kappa shape index (κ3) is 30.6. The molecule has 20 N–H and O–H groups in total. The number of aliphatic carboxylic acids is 1. The summed E-state index contributed by atoms with van der Waals surface area (Å²) in [5.74, 6) is -15.4. The monoisotopic (exact) mass is 1210 g/mol. The lowest BCUT2D eigenvalue weighted by molar-refractivity contribution is -0.143. The van der Waals surface area contributed by atoms with Crippen molar-refractivity contribution in [3.05, 3.63) is 29.8 Å². The van der Waals surface area contributed by atoms with Gasteiger partial charge in [-0.1, -0.05) is 53.7 Å². The number of nitrogens with one attached hydrogen (secondary N) is 4. The van der Waals surface area contributed by atoms with Gasteiger partial charge < -0.3 is 76.1 Å². The molecular formula is C59H98N12O15. The second-order valence-electron chi connectivity index (χ2n) is 23.3. The average molecular weight is 1220 g/mol. The van der Waals surface area contributed by atoms with Crippen molar-refractivity contribution in [3.63, 3.8) is 0 Å². The van der Waals surface area contributed by atoms with Crippen LogP contribution in [0.1, 0.15) is 150 Å². The van der Waals surface area contributed by atoms with Gasteiger partial charge in [-0.2, -0.15) is 0 Å². The highest BCUT2D eigenvalue weighted by Crippen LogP contribution is 2.24. The Balaban J connectivity index is 3.49. The number of guanidine groups is 2. The van der Waals surface area contributed by atoms with E-state index in [1.54, 1.807) is 6.92 Å². The molecule has 11 atom stereocenters. The van der Waals surface area contributed by atoms with E-state index in [0.717, 1.165) is 6.92 Å². The normalized spacial score (nSPS) is 15.2. The second-order valence-corrected chi connectivity index (χ2v) is 23.3. The van der Waals surface area contributed by atoms with Crippen LogP contribution in [0.2, 0.25) is 0 Å². The minimum absolute atomic E-state index is 0.00380. The molecule has 1 aromatic rings. The van der Waals surface area contributed by atoms with Gasteiger partial charge in [-0.25, -0.2) is 0 Å². The molecule has 0 aliphatic heterocycles. The molecule has 0 radical (unpaired) electrons. The van der Waals surface area contributed by atoms with Gasteiger partial charge >= 0.3 is 5.97 Å². The predicted octanol–water partition coefficient (Wildman–Crippen LogP) is 0.0684. The highest BCUT2D eigenvalue weighted by molar-refractivity contribution is 5.99. The van der Waals surface area contributed by atoms with E-state index in [2.05, 4.69) is 31.3 Å². The number of aliphatic hydroxyl groups is 2. The van der Waals surface area contributed by atoms with Crippen molar-refractivity contribution in [2.75, 3.05) is 26.2 Å². The molecule has 86 heavy (non-hydrogen) atoms. The first-order valence-corrected chi connectivity index (χ1v) is 29.5. The number of Topliss-reactive ketones (excluding diaryl/α,β-unsaturated/α-hetero) is 5. The fraction of sp³-hybridized carbons (Fsp3) is 0.678. The van der Waals surface area contributed by atoms with E-state index in [-0.39, 0.29) is 112 Å². The zero-order chi connectivity index (χ0) is 65.4. The number of hydrogen-bond donors (Lipinski definition) is 14.